The second-order valence-electron chi connectivity index (χ2n) is 5.29. The molecule has 2 fully saturated rings. The van der Waals surface area contributed by atoms with Gasteiger partial charge in [-0.25, -0.2) is 0 Å². The number of amides is 1. The molecule has 0 radical (unpaired) electrons. The maximum Gasteiger partial charge on any atom is 0.224 e. The summed E-state index contributed by atoms with van der Waals surface area (Å²) in [5.41, 5.74) is 0. The number of rotatable bonds is 5. The molecule has 1 amide bonds. The molecule has 18 heavy (non-hydrogen) atoms. The van der Waals surface area contributed by atoms with Crippen molar-refractivity contribution >= 4 is 5.91 Å². The van der Waals surface area contributed by atoms with Crippen molar-refractivity contribution in [3.8, 4) is 0 Å². The summed E-state index contributed by atoms with van der Waals surface area (Å²) in [6.07, 6.45) is 3.17. The van der Waals surface area contributed by atoms with E-state index in [1.54, 1.807) is 0 Å². The lowest BCUT2D eigenvalue weighted by Gasteiger charge is -2.26. The molecule has 2 aliphatic heterocycles. The highest BCUT2D eigenvalue weighted by Crippen LogP contribution is 2.07. The molecule has 1 atom stereocenters. The minimum atomic E-state index is 0.195. The van der Waals surface area contributed by atoms with E-state index >= 15 is 0 Å². The summed E-state index contributed by atoms with van der Waals surface area (Å²) in [6, 6.07) is 0.195. The number of hydrogen-bond donors (Lipinski definition) is 1. The molecule has 0 saturated carbocycles. The van der Waals surface area contributed by atoms with Crippen molar-refractivity contribution in [2.24, 2.45) is 0 Å². The van der Waals surface area contributed by atoms with E-state index in [1.807, 2.05) is 11.9 Å². The molecule has 5 nitrogen and oxygen atoms in total. The second kappa shape index (κ2) is 7.07. The molecule has 0 aromatic rings. The lowest BCUT2D eigenvalue weighted by Crippen LogP contribution is -2.45. The molecule has 2 rings (SSSR count). The van der Waals surface area contributed by atoms with Gasteiger partial charge in [0, 0.05) is 39.1 Å². The first-order valence-corrected chi connectivity index (χ1v) is 7.03. The van der Waals surface area contributed by atoms with Crippen LogP contribution in [0, 0.1) is 0 Å². The van der Waals surface area contributed by atoms with Crippen LogP contribution in [0.2, 0.25) is 0 Å². The zero-order chi connectivity index (χ0) is 12.8. The van der Waals surface area contributed by atoms with E-state index in [0.717, 1.165) is 26.2 Å². The molecule has 5 heteroatoms. The van der Waals surface area contributed by atoms with Gasteiger partial charge in [-0.05, 0) is 25.9 Å². The minimum Gasteiger partial charge on any atom is -0.378 e. The quantitative estimate of drug-likeness (QED) is 0.746. The van der Waals surface area contributed by atoms with E-state index in [1.165, 1.54) is 25.9 Å². The van der Waals surface area contributed by atoms with Crippen LogP contribution in [0.25, 0.3) is 0 Å². The van der Waals surface area contributed by atoms with Gasteiger partial charge >= 0.3 is 0 Å². The van der Waals surface area contributed by atoms with Crippen LogP contribution in [0.15, 0.2) is 0 Å². The van der Waals surface area contributed by atoms with Crippen LogP contribution in [0.1, 0.15) is 19.3 Å². The molecule has 104 valence electrons. The Bertz CT molecular complexity index is 261. The third-order valence-corrected chi connectivity index (χ3v) is 3.80. The summed E-state index contributed by atoms with van der Waals surface area (Å²) >= 11 is 0. The smallest absolute Gasteiger partial charge is 0.224 e. The number of hydrogen-bond acceptors (Lipinski definition) is 4. The molecular formula is C13H25N3O2. The number of nitrogens with zero attached hydrogens (tertiary/aromatic N) is 2. The van der Waals surface area contributed by atoms with Crippen LogP contribution >= 0.6 is 0 Å². The Hall–Kier alpha value is -0.650. The number of carbonyl (C=O) groups is 1. The van der Waals surface area contributed by atoms with Crippen LogP contribution < -0.4 is 5.32 Å². The molecule has 1 N–H and O–H groups in total. The molecule has 0 aromatic heterocycles. The number of morpholine rings is 1. The van der Waals surface area contributed by atoms with Crippen molar-refractivity contribution in [3.05, 3.63) is 0 Å². The monoisotopic (exact) mass is 255 g/mol. The van der Waals surface area contributed by atoms with Gasteiger partial charge in [-0.2, -0.15) is 0 Å². The van der Waals surface area contributed by atoms with Gasteiger partial charge in [0.1, 0.15) is 0 Å². The fraction of sp³-hybridized carbons (Fsp3) is 0.923. The van der Waals surface area contributed by atoms with Gasteiger partial charge in [-0.3, -0.25) is 4.79 Å². The van der Waals surface area contributed by atoms with E-state index in [2.05, 4.69) is 10.2 Å². The third kappa shape index (κ3) is 4.23. The fourth-order valence-corrected chi connectivity index (χ4v) is 2.54. The first-order valence-electron chi connectivity index (χ1n) is 7.03. The SMILES string of the molecule is CN(CCN1CCCC1)C(=O)CC1COCCN1. The van der Waals surface area contributed by atoms with Gasteiger partial charge < -0.3 is 19.9 Å². The van der Waals surface area contributed by atoms with E-state index in [4.69, 9.17) is 4.74 Å². The Kier molecular flexibility index (Phi) is 5.41. The zero-order valence-corrected chi connectivity index (χ0v) is 11.4. The topological polar surface area (TPSA) is 44.8 Å². The van der Waals surface area contributed by atoms with Crippen molar-refractivity contribution in [1.29, 1.82) is 0 Å². The minimum absolute atomic E-state index is 0.195. The summed E-state index contributed by atoms with van der Waals surface area (Å²) in [7, 11) is 1.90. The molecule has 0 bridgehead atoms. The largest absolute Gasteiger partial charge is 0.378 e. The Morgan fingerprint density at radius 3 is 2.89 bits per heavy atom. The molecule has 0 aliphatic carbocycles. The van der Waals surface area contributed by atoms with Gasteiger partial charge in [-0.15, -0.1) is 0 Å². The van der Waals surface area contributed by atoms with Gasteiger partial charge in [0.15, 0.2) is 0 Å². The van der Waals surface area contributed by atoms with E-state index in [9.17, 15) is 4.79 Å². The fourth-order valence-electron chi connectivity index (χ4n) is 2.54. The maximum absolute atomic E-state index is 12.0. The predicted molar refractivity (Wildman–Crippen MR) is 70.5 cm³/mol. The summed E-state index contributed by atoms with van der Waals surface area (Å²) in [6.45, 7) is 6.51. The van der Waals surface area contributed by atoms with Gasteiger partial charge in [0.05, 0.1) is 13.2 Å². The van der Waals surface area contributed by atoms with Crippen molar-refractivity contribution in [2.75, 3.05) is 53.0 Å². The van der Waals surface area contributed by atoms with Crippen molar-refractivity contribution in [1.82, 2.24) is 15.1 Å². The van der Waals surface area contributed by atoms with Gasteiger partial charge in [-0.1, -0.05) is 0 Å². The van der Waals surface area contributed by atoms with Crippen LogP contribution in [-0.4, -0.2) is 74.7 Å². The molecule has 0 aromatic carbocycles. The molecule has 2 heterocycles. The average molecular weight is 255 g/mol. The Morgan fingerprint density at radius 2 is 2.22 bits per heavy atom. The lowest BCUT2D eigenvalue weighted by atomic mass is 10.2. The summed E-state index contributed by atoms with van der Waals surface area (Å²) < 4.78 is 5.36. The number of likely N-dealkylation sites (N-methyl/N-ethyl adjacent to an activating group) is 1. The summed E-state index contributed by atoms with van der Waals surface area (Å²) in [5, 5.41) is 3.32. The number of nitrogens with one attached hydrogen (secondary N) is 1. The zero-order valence-electron chi connectivity index (χ0n) is 11.4. The highest BCUT2D eigenvalue weighted by Gasteiger charge is 2.20. The second-order valence-corrected chi connectivity index (χ2v) is 5.29. The van der Waals surface area contributed by atoms with Gasteiger partial charge in [0.2, 0.25) is 5.91 Å². The Morgan fingerprint density at radius 1 is 1.44 bits per heavy atom. The Labute approximate surface area is 109 Å². The van der Waals surface area contributed by atoms with Crippen molar-refractivity contribution < 1.29 is 9.53 Å². The van der Waals surface area contributed by atoms with Crippen LogP contribution in [0.5, 0.6) is 0 Å². The highest BCUT2D eigenvalue weighted by molar-refractivity contribution is 5.76. The normalized spacial score (nSPS) is 25.3. The first-order chi connectivity index (χ1) is 8.75. The number of carbonyl (C=O) groups excluding carboxylic acids is 1. The number of likely N-dealkylation sites (tertiary alicyclic amines) is 1. The Balaban J connectivity index is 1.63. The molecule has 0 spiro atoms. The molecule has 2 aliphatic rings. The van der Waals surface area contributed by atoms with Crippen LogP contribution in [0.3, 0.4) is 0 Å². The summed E-state index contributed by atoms with van der Waals surface area (Å²) in [4.78, 5) is 16.3. The van der Waals surface area contributed by atoms with Crippen molar-refractivity contribution in [3.63, 3.8) is 0 Å². The third-order valence-electron chi connectivity index (χ3n) is 3.80. The predicted octanol–water partition coefficient (Wildman–Crippen LogP) is -0.0809. The van der Waals surface area contributed by atoms with E-state index < -0.39 is 0 Å². The highest BCUT2D eigenvalue weighted by atomic mass is 16.5. The molecular weight excluding hydrogens is 230 g/mol. The first kappa shape index (κ1) is 13.8. The van der Waals surface area contributed by atoms with Gasteiger partial charge in [0.25, 0.3) is 0 Å². The summed E-state index contributed by atoms with van der Waals surface area (Å²) in [5.74, 6) is 0.220. The lowest BCUT2D eigenvalue weighted by molar-refractivity contribution is -0.131. The van der Waals surface area contributed by atoms with Crippen LogP contribution in [-0.2, 0) is 9.53 Å². The molecule has 2 saturated heterocycles. The standard InChI is InChI=1S/C13H25N3O2/c1-15(7-8-16-5-2-3-6-16)13(17)10-12-11-18-9-4-14-12/h12,14H,2-11H2,1H3. The van der Waals surface area contributed by atoms with Crippen LogP contribution in [0.4, 0.5) is 0 Å². The van der Waals surface area contributed by atoms with E-state index in [-0.39, 0.29) is 11.9 Å². The maximum atomic E-state index is 12.0. The van der Waals surface area contributed by atoms with E-state index in [0.29, 0.717) is 13.0 Å². The average Bonchev–Trinajstić information content (AvgIpc) is 2.90. The number of ether oxygens (including phenoxy) is 1. The van der Waals surface area contributed by atoms with Crippen molar-refractivity contribution in [2.45, 2.75) is 25.3 Å². The molecule has 1 unspecified atom stereocenters.